The first-order valence-corrected chi connectivity index (χ1v) is 10.9. The molecule has 0 unspecified atom stereocenters. The summed E-state index contributed by atoms with van der Waals surface area (Å²) in [6.45, 7) is 2.17. The van der Waals surface area contributed by atoms with Crippen LogP contribution in [-0.2, 0) is 25.6 Å². The van der Waals surface area contributed by atoms with Crippen molar-refractivity contribution in [2.24, 2.45) is 0 Å². The van der Waals surface area contributed by atoms with E-state index in [1.807, 2.05) is 0 Å². The average molecular weight is 475 g/mol. The summed E-state index contributed by atoms with van der Waals surface area (Å²) in [5.74, 6) is -0.823. The zero-order valence-corrected chi connectivity index (χ0v) is 18.9. The first-order chi connectivity index (χ1) is 15.9. The Hall–Kier alpha value is -3.50. The van der Waals surface area contributed by atoms with Crippen LogP contribution in [0.1, 0.15) is 12.7 Å². The number of hydrogen-bond donors (Lipinski definition) is 1. The summed E-state index contributed by atoms with van der Waals surface area (Å²) in [7, 11) is 1.51. The Bertz CT molecular complexity index is 1310. The molecule has 0 saturated carbocycles. The van der Waals surface area contributed by atoms with Gasteiger partial charge in [0, 0.05) is 19.7 Å². The summed E-state index contributed by atoms with van der Waals surface area (Å²) in [6.07, 6.45) is 2.65. The van der Waals surface area contributed by atoms with E-state index in [0.29, 0.717) is 23.7 Å². The molecule has 8 nitrogen and oxygen atoms in total. The van der Waals surface area contributed by atoms with E-state index in [4.69, 9.17) is 13.9 Å². The molecule has 0 bridgehead atoms. The van der Waals surface area contributed by atoms with Crippen LogP contribution in [0.2, 0.25) is 0 Å². The SMILES string of the molecule is CCOC(=O)/C=c1\s/c(=C\c2ccc(-c3ccccc3F)o2)c(=O)n1CC(=O)NCCOC. The Morgan fingerprint density at radius 3 is 2.76 bits per heavy atom. The topological polar surface area (TPSA) is 99.8 Å². The highest BCUT2D eigenvalue weighted by Gasteiger charge is 2.12. The number of nitrogens with zero attached hydrogens (tertiary/aromatic N) is 1. The number of amides is 1. The molecule has 3 aromatic rings. The third-order valence-electron chi connectivity index (χ3n) is 4.43. The van der Waals surface area contributed by atoms with E-state index in [9.17, 15) is 18.8 Å². The van der Waals surface area contributed by atoms with Crippen LogP contribution in [0.3, 0.4) is 0 Å². The third-order valence-corrected chi connectivity index (χ3v) is 5.49. The fourth-order valence-corrected chi connectivity index (χ4v) is 3.95. The Morgan fingerprint density at radius 1 is 1.24 bits per heavy atom. The second-order valence-electron chi connectivity index (χ2n) is 6.76. The molecule has 0 aliphatic carbocycles. The molecule has 0 fully saturated rings. The van der Waals surface area contributed by atoms with Gasteiger partial charge in [0.15, 0.2) is 0 Å². The maximum absolute atomic E-state index is 14.0. The lowest BCUT2D eigenvalue weighted by molar-refractivity contribution is -0.135. The number of halogens is 1. The van der Waals surface area contributed by atoms with Gasteiger partial charge in [-0.05, 0) is 31.2 Å². The molecule has 0 radical (unpaired) electrons. The summed E-state index contributed by atoms with van der Waals surface area (Å²) >= 11 is 1.01. The average Bonchev–Trinajstić information content (AvgIpc) is 3.35. The van der Waals surface area contributed by atoms with E-state index >= 15 is 0 Å². The van der Waals surface area contributed by atoms with Gasteiger partial charge in [-0.1, -0.05) is 12.1 Å². The Kier molecular flexibility index (Phi) is 8.34. The lowest BCUT2D eigenvalue weighted by atomic mass is 10.1. The molecule has 0 spiro atoms. The number of nitrogens with one attached hydrogen (secondary N) is 1. The molecule has 33 heavy (non-hydrogen) atoms. The molecule has 0 saturated heterocycles. The first kappa shape index (κ1) is 24.1. The highest BCUT2D eigenvalue weighted by Crippen LogP contribution is 2.24. The Labute approximate surface area is 192 Å². The molecule has 2 heterocycles. The molecule has 1 N–H and O–H groups in total. The molecule has 0 atom stereocenters. The maximum Gasteiger partial charge on any atom is 0.333 e. The number of carbonyl (C=O) groups excluding carboxylic acids is 2. The molecule has 1 amide bonds. The van der Waals surface area contributed by atoms with Crippen molar-refractivity contribution in [3.63, 3.8) is 0 Å². The van der Waals surface area contributed by atoms with Gasteiger partial charge in [-0.2, -0.15) is 0 Å². The van der Waals surface area contributed by atoms with Gasteiger partial charge in [0.1, 0.15) is 28.5 Å². The predicted octanol–water partition coefficient (Wildman–Crippen LogP) is 1.24. The molecular formula is C23H23FN2O6S. The number of benzene rings is 1. The van der Waals surface area contributed by atoms with Crippen molar-refractivity contribution in [3.05, 3.63) is 67.5 Å². The van der Waals surface area contributed by atoms with Crippen molar-refractivity contribution in [2.45, 2.75) is 13.5 Å². The van der Waals surface area contributed by atoms with Crippen LogP contribution in [-0.4, -0.2) is 43.3 Å². The molecule has 3 rings (SSSR count). The minimum Gasteiger partial charge on any atom is -0.463 e. The first-order valence-electron chi connectivity index (χ1n) is 10.1. The standard InChI is InChI=1S/C23H23FN2O6S/c1-3-31-22(28)13-21-26(14-20(27)25-10-11-30-2)23(29)19(33-21)12-15-8-9-18(32-15)16-6-4-5-7-17(16)24/h4-9,12-13H,3,10-11,14H2,1-2H3,(H,25,27)/b19-12-,21-13-. The van der Waals surface area contributed by atoms with Crippen molar-refractivity contribution in [3.8, 4) is 11.3 Å². The normalized spacial score (nSPS) is 12.2. The largest absolute Gasteiger partial charge is 0.463 e. The van der Waals surface area contributed by atoms with Gasteiger partial charge in [-0.25, -0.2) is 9.18 Å². The van der Waals surface area contributed by atoms with Crippen molar-refractivity contribution in [1.82, 2.24) is 9.88 Å². The highest BCUT2D eigenvalue weighted by molar-refractivity contribution is 7.07. The van der Waals surface area contributed by atoms with Crippen LogP contribution in [0.5, 0.6) is 0 Å². The Morgan fingerprint density at radius 2 is 2.03 bits per heavy atom. The number of thiazole rings is 1. The molecule has 0 aliphatic rings. The van der Waals surface area contributed by atoms with E-state index in [0.717, 1.165) is 11.3 Å². The van der Waals surface area contributed by atoms with E-state index < -0.39 is 23.3 Å². The summed E-state index contributed by atoms with van der Waals surface area (Å²) in [4.78, 5) is 37.2. The van der Waals surface area contributed by atoms with Crippen molar-refractivity contribution >= 4 is 35.4 Å². The van der Waals surface area contributed by atoms with E-state index in [2.05, 4.69) is 5.32 Å². The number of esters is 1. The van der Waals surface area contributed by atoms with Gasteiger partial charge >= 0.3 is 5.97 Å². The predicted molar refractivity (Wildman–Crippen MR) is 121 cm³/mol. The highest BCUT2D eigenvalue weighted by atomic mass is 32.1. The second-order valence-corrected chi connectivity index (χ2v) is 7.82. The van der Waals surface area contributed by atoms with Crippen LogP contribution < -0.4 is 20.1 Å². The molecule has 174 valence electrons. The quantitative estimate of drug-likeness (QED) is 0.370. The van der Waals surface area contributed by atoms with Crippen molar-refractivity contribution in [2.75, 3.05) is 26.9 Å². The minimum absolute atomic E-state index is 0.173. The van der Waals surface area contributed by atoms with Crippen molar-refractivity contribution < 1.29 is 27.9 Å². The minimum atomic E-state index is -0.626. The molecule has 1 aromatic carbocycles. The van der Waals surface area contributed by atoms with Crippen LogP contribution >= 0.6 is 11.3 Å². The number of furan rings is 1. The van der Waals surface area contributed by atoms with Crippen LogP contribution in [0, 0.1) is 5.82 Å². The molecule has 10 heteroatoms. The van der Waals surface area contributed by atoms with Gasteiger partial charge in [0.05, 0.1) is 29.4 Å². The summed E-state index contributed by atoms with van der Waals surface area (Å²) < 4.78 is 31.2. The monoisotopic (exact) mass is 474 g/mol. The summed E-state index contributed by atoms with van der Waals surface area (Å²) in [5, 5.41) is 2.64. The smallest absolute Gasteiger partial charge is 0.333 e. The number of carbonyl (C=O) groups is 2. The lowest BCUT2D eigenvalue weighted by Crippen LogP contribution is -2.39. The van der Waals surface area contributed by atoms with E-state index in [1.165, 1.54) is 29.9 Å². The molecule has 0 aliphatic heterocycles. The van der Waals surface area contributed by atoms with Gasteiger partial charge in [-0.15, -0.1) is 11.3 Å². The van der Waals surface area contributed by atoms with Gasteiger partial charge in [-0.3, -0.25) is 14.2 Å². The van der Waals surface area contributed by atoms with Crippen LogP contribution in [0.4, 0.5) is 4.39 Å². The lowest BCUT2D eigenvalue weighted by Gasteiger charge is -2.05. The maximum atomic E-state index is 14.0. The van der Waals surface area contributed by atoms with Gasteiger partial charge in [0.2, 0.25) is 5.91 Å². The van der Waals surface area contributed by atoms with Crippen LogP contribution in [0.25, 0.3) is 23.5 Å². The second kappa shape index (κ2) is 11.4. The van der Waals surface area contributed by atoms with Crippen LogP contribution in [0.15, 0.2) is 45.6 Å². The zero-order valence-electron chi connectivity index (χ0n) is 18.1. The Balaban J connectivity index is 1.99. The van der Waals surface area contributed by atoms with Crippen molar-refractivity contribution in [1.29, 1.82) is 0 Å². The summed E-state index contributed by atoms with van der Waals surface area (Å²) in [5.41, 5.74) is -0.175. The van der Waals surface area contributed by atoms with E-state index in [-0.39, 0.29) is 28.9 Å². The number of rotatable bonds is 9. The number of ether oxygens (including phenoxy) is 2. The van der Waals surface area contributed by atoms with Gasteiger partial charge in [0.25, 0.3) is 5.56 Å². The molecular weight excluding hydrogens is 451 g/mol. The number of aromatic nitrogens is 1. The third kappa shape index (κ3) is 6.27. The van der Waals surface area contributed by atoms with Gasteiger partial charge < -0.3 is 19.2 Å². The molecule has 2 aromatic heterocycles. The fourth-order valence-electron chi connectivity index (χ4n) is 2.93. The van der Waals surface area contributed by atoms with E-state index in [1.54, 1.807) is 37.3 Å². The number of hydrogen-bond acceptors (Lipinski definition) is 7. The fraction of sp³-hybridized carbons (Fsp3) is 0.261. The summed E-state index contributed by atoms with van der Waals surface area (Å²) in [6, 6.07) is 9.40. The zero-order chi connectivity index (χ0) is 23.8. The number of methoxy groups -OCH3 is 1.